The van der Waals surface area contributed by atoms with Crippen LogP contribution in [-0.4, -0.2) is 39.2 Å². The predicted octanol–water partition coefficient (Wildman–Crippen LogP) is 4.63. The molecule has 0 aliphatic carbocycles. The van der Waals surface area contributed by atoms with E-state index in [2.05, 4.69) is 15.5 Å². The summed E-state index contributed by atoms with van der Waals surface area (Å²) in [6, 6.07) is 24.4. The van der Waals surface area contributed by atoms with E-state index in [0.717, 1.165) is 22.6 Å². The molecule has 4 aromatic rings. The van der Waals surface area contributed by atoms with Gasteiger partial charge in [0, 0.05) is 24.2 Å². The lowest BCUT2D eigenvalue weighted by atomic mass is 10.1. The van der Waals surface area contributed by atoms with E-state index in [1.54, 1.807) is 9.47 Å². The Morgan fingerprint density at radius 1 is 1.06 bits per heavy atom. The molecule has 2 N–H and O–H groups in total. The normalized spacial score (nSPS) is 15.2. The number of hydrogen-bond donors (Lipinski definition) is 2. The fourth-order valence-corrected chi connectivity index (χ4v) is 4.37. The van der Waals surface area contributed by atoms with Gasteiger partial charge >= 0.3 is 0 Å². The summed E-state index contributed by atoms with van der Waals surface area (Å²) in [5.74, 6) is 1.75. The van der Waals surface area contributed by atoms with E-state index in [1.165, 1.54) is 0 Å². The van der Waals surface area contributed by atoms with E-state index in [4.69, 9.17) is 17.0 Å². The number of benzene rings is 3. The molecule has 1 fully saturated rings. The van der Waals surface area contributed by atoms with Crippen LogP contribution in [0.15, 0.2) is 78.9 Å². The Labute approximate surface area is 213 Å². The highest BCUT2D eigenvalue weighted by molar-refractivity contribution is 7.71. The molecule has 36 heavy (non-hydrogen) atoms. The van der Waals surface area contributed by atoms with Crippen molar-refractivity contribution in [1.82, 2.24) is 20.1 Å². The Bertz CT molecular complexity index is 1430. The van der Waals surface area contributed by atoms with E-state index in [-0.39, 0.29) is 30.8 Å². The predicted molar refractivity (Wildman–Crippen MR) is 139 cm³/mol. The molecule has 2 heterocycles. The summed E-state index contributed by atoms with van der Waals surface area (Å²) in [5.41, 5.74) is 2.75. The minimum absolute atomic E-state index is 0.00869. The second kappa shape index (κ2) is 10.2. The van der Waals surface area contributed by atoms with Crippen molar-refractivity contribution >= 4 is 29.7 Å². The first-order valence-electron chi connectivity index (χ1n) is 11.6. The van der Waals surface area contributed by atoms with Crippen molar-refractivity contribution in [3.8, 4) is 22.9 Å². The number of nitrogens with one attached hydrogen (secondary N) is 2. The number of anilines is 1. The molecular formula is C27H25N5O3S. The number of amides is 2. The molecule has 9 heteroatoms. The summed E-state index contributed by atoms with van der Waals surface area (Å²) in [4.78, 5) is 27.2. The molecule has 0 bridgehead atoms. The highest BCUT2D eigenvalue weighted by Gasteiger charge is 2.31. The molecule has 3 aromatic carbocycles. The first-order valence-corrected chi connectivity index (χ1v) is 12.0. The Hall–Kier alpha value is -4.24. The maximum atomic E-state index is 12.9. The fraction of sp³-hybridized carbons (Fsp3) is 0.185. The number of carbonyl (C=O) groups excluding carboxylic acids is 2. The number of ether oxygens (including phenoxy) is 1. The number of nitrogens with zero attached hydrogens (tertiary/aromatic N) is 3. The van der Waals surface area contributed by atoms with Crippen molar-refractivity contribution in [3.63, 3.8) is 0 Å². The number of H-pyrrole nitrogens is 1. The number of rotatable bonds is 7. The Kier molecular flexibility index (Phi) is 6.64. The summed E-state index contributed by atoms with van der Waals surface area (Å²) in [7, 11) is 0. The van der Waals surface area contributed by atoms with Crippen LogP contribution in [0.1, 0.15) is 12.0 Å². The van der Waals surface area contributed by atoms with Gasteiger partial charge in [-0.2, -0.15) is 5.10 Å². The van der Waals surface area contributed by atoms with Crippen molar-refractivity contribution in [2.24, 2.45) is 0 Å². The zero-order chi connectivity index (χ0) is 25.1. The lowest BCUT2D eigenvalue weighted by molar-refractivity contribution is -0.122. The van der Waals surface area contributed by atoms with Crippen molar-refractivity contribution < 1.29 is 14.3 Å². The van der Waals surface area contributed by atoms with Crippen LogP contribution in [-0.2, 0) is 16.1 Å². The van der Waals surface area contributed by atoms with Gasteiger partial charge in [0.25, 0.3) is 0 Å². The summed E-state index contributed by atoms with van der Waals surface area (Å²) < 4.78 is 7.85. The molecule has 0 saturated carbocycles. The minimum atomic E-state index is -0.297. The van der Waals surface area contributed by atoms with Crippen LogP contribution < -0.4 is 15.0 Å². The number of aromatic amines is 1. The second-order valence-corrected chi connectivity index (χ2v) is 9.07. The van der Waals surface area contributed by atoms with Crippen molar-refractivity contribution in [3.05, 3.63) is 89.2 Å². The fourth-order valence-electron chi connectivity index (χ4n) is 4.18. The SMILES string of the molecule is Cc1ccc(-c2n[nH]c(=S)n2CC(=O)NC2CC(=O)N(c3ccc(Oc4ccccc4)cc3)C2)cc1. The minimum Gasteiger partial charge on any atom is -0.457 e. The van der Waals surface area contributed by atoms with Crippen molar-refractivity contribution in [1.29, 1.82) is 0 Å². The third-order valence-electron chi connectivity index (χ3n) is 5.99. The number of aromatic nitrogens is 3. The third-order valence-corrected chi connectivity index (χ3v) is 6.30. The highest BCUT2D eigenvalue weighted by atomic mass is 32.1. The molecule has 182 valence electrons. The van der Waals surface area contributed by atoms with Crippen LogP contribution in [0, 0.1) is 11.7 Å². The zero-order valence-corrected chi connectivity index (χ0v) is 20.5. The molecule has 1 aromatic heterocycles. The molecule has 1 unspecified atom stereocenters. The van der Waals surface area contributed by atoms with Crippen LogP contribution in [0.25, 0.3) is 11.4 Å². The van der Waals surface area contributed by atoms with Gasteiger partial charge in [0.2, 0.25) is 11.8 Å². The van der Waals surface area contributed by atoms with Crippen LogP contribution in [0.4, 0.5) is 5.69 Å². The van der Waals surface area contributed by atoms with Crippen molar-refractivity contribution in [2.45, 2.75) is 25.9 Å². The zero-order valence-electron chi connectivity index (χ0n) is 19.7. The Morgan fingerprint density at radius 3 is 2.47 bits per heavy atom. The number of aryl methyl sites for hydroxylation is 1. The highest BCUT2D eigenvalue weighted by Crippen LogP contribution is 2.27. The maximum Gasteiger partial charge on any atom is 0.240 e. The monoisotopic (exact) mass is 499 g/mol. The van der Waals surface area contributed by atoms with Crippen LogP contribution in [0.2, 0.25) is 0 Å². The van der Waals surface area contributed by atoms with Crippen LogP contribution >= 0.6 is 12.2 Å². The summed E-state index contributed by atoms with van der Waals surface area (Å²) >= 11 is 5.35. The Morgan fingerprint density at radius 2 is 1.75 bits per heavy atom. The molecule has 8 nitrogen and oxygen atoms in total. The van der Waals surface area contributed by atoms with Gasteiger partial charge in [-0.3, -0.25) is 19.3 Å². The average Bonchev–Trinajstić information content (AvgIpc) is 3.42. The molecule has 5 rings (SSSR count). The van der Waals surface area contributed by atoms with Gasteiger partial charge in [-0.25, -0.2) is 0 Å². The first kappa shape index (κ1) is 23.5. The molecule has 1 aliphatic heterocycles. The molecular weight excluding hydrogens is 474 g/mol. The second-order valence-electron chi connectivity index (χ2n) is 8.69. The first-order chi connectivity index (χ1) is 17.5. The van der Waals surface area contributed by atoms with E-state index >= 15 is 0 Å². The molecule has 0 spiro atoms. The molecule has 1 atom stereocenters. The van der Waals surface area contributed by atoms with Gasteiger partial charge in [0.05, 0.1) is 6.04 Å². The molecule has 1 aliphatic rings. The number of carbonyl (C=O) groups is 2. The van der Waals surface area contributed by atoms with E-state index in [9.17, 15) is 9.59 Å². The number of hydrogen-bond acceptors (Lipinski definition) is 5. The quantitative estimate of drug-likeness (QED) is 0.362. The lowest BCUT2D eigenvalue weighted by Crippen LogP contribution is -2.39. The van der Waals surface area contributed by atoms with E-state index in [0.29, 0.717) is 22.9 Å². The van der Waals surface area contributed by atoms with E-state index < -0.39 is 0 Å². The molecule has 0 radical (unpaired) electrons. The van der Waals surface area contributed by atoms with E-state index in [1.807, 2.05) is 85.8 Å². The standard InChI is InChI=1S/C27H25N5O3S/c1-18-7-9-19(10-8-18)26-29-30-27(36)32(26)17-24(33)28-20-15-25(34)31(16-20)21-11-13-23(14-12-21)35-22-5-3-2-4-6-22/h2-14,20H,15-17H2,1H3,(H,28,33)(H,30,36). The van der Waals surface area contributed by atoms with Crippen LogP contribution in [0.3, 0.4) is 0 Å². The van der Waals surface area contributed by atoms with Gasteiger partial charge in [-0.05, 0) is 55.5 Å². The van der Waals surface area contributed by atoms with Gasteiger partial charge < -0.3 is 15.0 Å². The third kappa shape index (κ3) is 5.21. The largest absolute Gasteiger partial charge is 0.457 e. The molecule has 1 saturated heterocycles. The molecule has 2 amide bonds. The summed E-state index contributed by atoms with van der Waals surface area (Å²) in [5, 5.41) is 10.0. The van der Waals surface area contributed by atoms with Gasteiger partial charge in [0.15, 0.2) is 10.6 Å². The number of para-hydroxylation sites is 1. The van der Waals surface area contributed by atoms with Gasteiger partial charge in [-0.1, -0.05) is 48.0 Å². The Balaban J connectivity index is 1.21. The van der Waals surface area contributed by atoms with Crippen LogP contribution in [0.5, 0.6) is 11.5 Å². The van der Waals surface area contributed by atoms with Crippen molar-refractivity contribution in [2.75, 3.05) is 11.4 Å². The topological polar surface area (TPSA) is 92.2 Å². The van der Waals surface area contributed by atoms with Gasteiger partial charge in [-0.15, -0.1) is 0 Å². The summed E-state index contributed by atoms with van der Waals surface area (Å²) in [6.07, 6.45) is 0.232. The maximum absolute atomic E-state index is 12.9. The average molecular weight is 500 g/mol. The smallest absolute Gasteiger partial charge is 0.240 e. The lowest BCUT2D eigenvalue weighted by Gasteiger charge is -2.18. The summed E-state index contributed by atoms with van der Waals surface area (Å²) in [6.45, 7) is 2.41. The van der Waals surface area contributed by atoms with Gasteiger partial charge in [0.1, 0.15) is 18.0 Å².